The molecule has 0 aliphatic heterocycles. The summed E-state index contributed by atoms with van der Waals surface area (Å²) in [6, 6.07) is 21.5. The lowest BCUT2D eigenvalue weighted by Crippen LogP contribution is -2.11. The number of esters is 1. The van der Waals surface area contributed by atoms with Crippen molar-refractivity contribution in [1.29, 1.82) is 0 Å². The molecule has 0 aliphatic rings. The van der Waals surface area contributed by atoms with Gasteiger partial charge >= 0.3 is 5.97 Å². The fourth-order valence-electron chi connectivity index (χ4n) is 3.08. The number of benzene rings is 2. The standard InChI is InChI=1S/C23H20N2O3/c1-2-27-23(26)21-22(25-14-6-9-19(25)15-24-21)18-10-12-20(13-11-18)28-16-17-7-4-3-5-8-17/h3-15H,2,16H2,1H3. The van der Waals surface area contributed by atoms with Crippen LogP contribution in [0.4, 0.5) is 0 Å². The summed E-state index contributed by atoms with van der Waals surface area (Å²) in [7, 11) is 0. The molecule has 0 aliphatic carbocycles. The maximum absolute atomic E-state index is 12.4. The Balaban J connectivity index is 1.65. The van der Waals surface area contributed by atoms with E-state index in [0.717, 1.165) is 22.4 Å². The molecule has 5 heteroatoms. The molecule has 0 atom stereocenters. The Morgan fingerprint density at radius 2 is 1.79 bits per heavy atom. The molecule has 4 aromatic rings. The summed E-state index contributed by atoms with van der Waals surface area (Å²) in [4.78, 5) is 16.8. The monoisotopic (exact) mass is 372 g/mol. The van der Waals surface area contributed by atoms with E-state index in [1.54, 1.807) is 13.1 Å². The third kappa shape index (κ3) is 3.60. The number of hydrogen-bond acceptors (Lipinski definition) is 4. The van der Waals surface area contributed by atoms with Gasteiger partial charge < -0.3 is 13.9 Å². The first-order valence-corrected chi connectivity index (χ1v) is 9.16. The number of nitrogens with zero attached hydrogens (tertiary/aromatic N) is 2. The maximum Gasteiger partial charge on any atom is 0.359 e. The van der Waals surface area contributed by atoms with E-state index < -0.39 is 5.97 Å². The van der Waals surface area contributed by atoms with Gasteiger partial charge in [0.2, 0.25) is 0 Å². The molecule has 0 bridgehead atoms. The Hall–Kier alpha value is -3.60. The number of hydrogen-bond donors (Lipinski definition) is 0. The van der Waals surface area contributed by atoms with Crippen LogP contribution in [0.5, 0.6) is 5.75 Å². The summed E-state index contributed by atoms with van der Waals surface area (Å²) < 4.78 is 13.0. The third-order valence-corrected chi connectivity index (χ3v) is 4.42. The molecule has 0 amide bonds. The zero-order valence-electron chi connectivity index (χ0n) is 15.5. The van der Waals surface area contributed by atoms with Crippen molar-refractivity contribution < 1.29 is 14.3 Å². The predicted octanol–water partition coefficient (Wildman–Crippen LogP) is 4.76. The zero-order chi connectivity index (χ0) is 19.3. The van der Waals surface area contributed by atoms with Crippen LogP contribution in [-0.2, 0) is 11.3 Å². The summed E-state index contributed by atoms with van der Waals surface area (Å²) >= 11 is 0. The van der Waals surface area contributed by atoms with Gasteiger partial charge in [-0.2, -0.15) is 0 Å². The van der Waals surface area contributed by atoms with E-state index in [0.29, 0.717) is 24.6 Å². The molecule has 4 rings (SSSR count). The van der Waals surface area contributed by atoms with Crippen LogP contribution in [-0.4, -0.2) is 22.0 Å². The Kier molecular flexibility index (Phi) is 5.06. The average Bonchev–Trinajstić information content (AvgIpc) is 3.22. The lowest BCUT2D eigenvalue weighted by atomic mass is 10.1. The van der Waals surface area contributed by atoms with Crippen molar-refractivity contribution in [3.05, 3.63) is 90.4 Å². The van der Waals surface area contributed by atoms with Gasteiger partial charge in [-0.05, 0) is 48.9 Å². The number of aromatic nitrogens is 2. The van der Waals surface area contributed by atoms with Crippen LogP contribution in [0.3, 0.4) is 0 Å². The van der Waals surface area contributed by atoms with Gasteiger partial charge in [0.1, 0.15) is 12.4 Å². The van der Waals surface area contributed by atoms with Crippen LogP contribution in [0.1, 0.15) is 23.0 Å². The van der Waals surface area contributed by atoms with Crippen LogP contribution < -0.4 is 4.74 Å². The van der Waals surface area contributed by atoms with E-state index >= 15 is 0 Å². The van der Waals surface area contributed by atoms with Crippen molar-refractivity contribution in [2.75, 3.05) is 6.61 Å². The number of carbonyl (C=O) groups is 1. The SMILES string of the molecule is CCOC(=O)c1ncc2cccn2c1-c1ccc(OCc2ccccc2)cc1. The third-order valence-electron chi connectivity index (χ3n) is 4.42. The molecule has 5 nitrogen and oxygen atoms in total. The minimum Gasteiger partial charge on any atom is -0.489 e. The molecular weight excluding hydrogens is 352 g/mol. The Morgan fingerprint density at radius 3 is 2.54 bits per heavy atom. The number of carbonyl (C=O) groups excluding carboxylic acids is 1. The molecule has 140 valence electrons. The predicted molar refractivity (Wildman–Crippen MR) is 107 cm³/mol. The van der Waals surface area contributed by atoms with E-state index in [-0.39, 0.29) is 0 Å². The first-order chi connectivity index (χ1) is 13.8. The lowest BCUT2D eigenvalue weighted by molar-refractivity contribution is 0.0520. The Bertz CT molecular complexity index is 1090. The summed E-state index contributed by atoms with van der Waals surface area (Å²) in [6.07, 6.45) is 3.59. The number of ether oxygens (including phenoxy) is 2. The minimum absolute atomic E-state index is 0.295. The normalized spacial score (nSPS) is 10.8. The van der Waals surface area contributed by atoms with Gasteiger partial charge in [-0.25, -0.2) is 9.78 Å². The molecule has 0 radical (unpaired) electrons. The molecule has 0 saturated heterocycles. The Labute approximate surface area is 163 Å². The van der Waals surface area contributed by atoms with Crippen LogP contribution >= 0.6 is 0 Å². The van der Waals surface area contributed by atoms with Crippen molar-refractivity contribution in [2.45, 2.75) is 13.5 Å². The molecular formula is C23H20N2O3. The molecule has 0 N–H and O–H groups in total. The van der Waals surface area contributed by atoms with E-state index in [4.69, 9.17) is 9.47 Å². The van der Waals surface area contributed by atoms with Crippen LogP contribution in [0.2, 0.25) is 0 Å². The summed E-state index contributed by atoms with van der Waals surface area (Å²) in [5.74, 6) is 0.329. The fraction of sp³-hybridized carbons (Fsp3) is 0.130. The maximum atomic E-state index is 12.4. The van der Waals surface area contributed by atoms with Gasteiger partial charge in [0.05, 0.1) is 24.0 Å². The van der Waals surface area contributed by atoms with Crippen LogP contribution in [0.25, 0.3) is 16.8 Å². The molecule has 0 saturated carbocycles. The first kappa shape index (κ1) is 17.8. The van der Waals surface area contributed by atoms with Gasteiger partial charge in [-0.3, -0.25) is 0 Å². The summed E-state index contributed by atoms with van der Waals surface area (Å²) in [6.45, 7) is 2.59. The molecule has 2 aromatic carbocycles. The topological polar surface area (TPSA) is 52.8 Å². The molecule has 0 fully saturated rings. The van der Waals surface area contributed by atoms with Crippen LogP contribution in [0.15, 0.2) is 79.1 Å². The second-order valence-corrected chi connectivity index (χ2v) is 6.28. The molecule has 0 unspecified atom stereocenters. The highest BCUT2D eigenvalue weighted by molar-refractivity contribution is 5.95. The average molecular weight is 372 g/mol. The van der Waals surface area contributed by atoms with E-state index in [9.17, 15) is 4.79 Å². The molecule has 28 heavy (non-hydrogen) atoms. The quantitative estimate of drug-likeness (QED) is 0.458. The van der Waals surface area contributed by atoms with Gasteiger partial charge in [0.25, 0.3) is 0 Å². The molecule has 2 aromatic heterocycles. The van der Waals surface area contributed by atoms with Crippen molar-refractivity contribution in [1.82, 2.24) is 9.38 Å². The van der Waals surface area contributed by atoms with Crippen molar-refractivity contribution >= 4 is 11.5 Å². The summed E-state index contributed by atoms with van der Waals surface area (Å²) in [5, 5.41) is 0. The molecule has 2 heterocycles. The highest BCUT2D eigenvalue weighted by Crippen LogP contribution is 2.27. The highest BCUT2D eigenvalue weighted by Gasteiger charge is 2.19. The second-order valence-electron chi connectivity index (χ2n) is 6.28. The summed E-state index contributed by atoms with van der Waals surface area (Å²) in [5.41, 5.74) is 3.88. The zero-order valence-corrected chi connectivity index (χ0v) is 15.5. The van der Waals surface area contributed by atoms with E-state index in [1.807, 2.05) is 77.3 Å². The highest BCUT2D eigenvalue weighted by atomic mass is 16.5. The molecule has 0 spiro atoms. The second kappa shape index (κ2) is 7.96. The van der Waals surface area contributed by atoms with Crippen LogP contribution in [0, 0.1) is 0 Å². The fourth-order valence-corrected chi connectivity index (χ4v) is 3.08. The van der Waals surface area contributed by atoms with E-state index in [1.165, 1.54) is 0 Å². The first-order valence-electron chi connectivity index (χ1n) is 9.16. The number of fused-ring (bicyclic) bond motifs is 1. The minimum atomic E-state index is -0.433. The number of rotatable bonds is 6. The largest absolute Gasteiger partial charge is 0.489 e. The van der Waals surface area contributed by atoms with Gasteiger partial charge in [-0.1, -0.05) is 30.3 Å². The van der Waals surface area contributed by atoms with Crippen molar-refractivity contribution in [3.8, 4) is 17.0 Å². The van der Waals surface area contributed by atoms with Gasteiger partial charge in [0, 0.05) is 11.8 Å². The Morgan fingerprint density at radius 1 is 1.00 bits per heavy atom. The van der Waals surface area contributed by atoms with Crippen molar-refractivity contribution in [3.63, 3.8) is 0 Å². The van der Waals surface area contributed by atoms with Gasteiger partial charge in [0.15, 0.2) is 5.69 Å². The van der Waals surface area contributed by atoms with E-state index in [2.05, 4.69) is 4.98 Å². The smallest absolute Gasteiger partial charge is 0.359 e. The lowest BCUT2D eigenvalue weighted by Gasteiger charge is -2.12. The van der Waals surface area contributed by atoms with Crippen molar-refractivity contribution in [2.24, 2.45) is 0 Å². The van der Waals surface area contributed by atoms with Gasteiger partial charge in [-0.15, -0.1) is 0 Å².